The van der Waals surface area contributed by atoms with E-state index in [2.05, 4.69) is 20.8 Å². The molecule has 2 unspecified atom stereocenters. The Morgan fingerprint density at radius 1 is 1.33 bits per heavy atom. The monoisotopic (exact) mass is 245 g/mol. The maximum absolute atomic E-state index is 9.45. The zero-order chi connectivity index (χ0) is 12.4. The number of aromatic nitrogens is 2. The third-order valence-corrected chi connectivity index (χ3v) is 3.91. The van der Waals surface area contributed by atoms with E-state index in [4.69, 9.17) is 0 Å². The van der Waals surface area contributed by atoms with E-state index in [9.17, 15) is 5.11 Å². The Morgan fingerprint density at radius 2 is 2.22 bits per heavy atom. The topological polar surface area (TPSA) is 49.6 Å². The zero-order valence-electron chi connectivity index (χ0n) is 10.4. The minimum Gasteiger partial charge on any atom is -0.396 e. The number of pyridine rings is 1. The SMILES string of the molecule is OCC1CCCCC1Nc1cccc2nccn12. The van der Waals surface area contributed by atoms with Gasteiger partial charge in [-0.05, 0) is 25.0 Å². The number of nitrogens with one attached hydrogen (secondary N) is 1. The van der Waals surface area contributed by atoms with Gasteiger partial charge in [-0.3, -0.25) is 4.40 Å². The normalized spacial score (nSPS) is 24.3. The fourth-order valence-electron chi connectivity index (χ4n) is 2.87. The Balaban J connectivity index is 1.84. The average molecular weight is 245 g/mol. The van der Waals surface area contributed by atoms with Gasteiger partial charge >= 0.3 is 0 Å². The molecule has 96 valence electrons. The average Bonchev–Trinajstić information content (AvgIpc) is 2.89. The third kappa shape index (κ3) is 2.08. The van der Waals surface area contributed by atoms with Crippen LogP contribution in [0.3, 0.4) is 0 Å². The maximum atomic E-state index is 9.45. The van der Waals surface area contributed by atoms with Crippen LogP contribution in [0.1, 0.15) is 25.7 Å². The van der Waals surface area contributed by atoms with Crippen LogP contribution >= 0.6 is 0 Å². The van der Waals surface area contributed by atoms with E-state index < -0.39 is 0 Å². The van der Waals surface area contributed by atoms with E-state index in [0.29, 0.717) is 12.0 Å². The molecule has 0 aliphatic heterocycles. The lowest BCUT2D eigenvalue weighted by Gasteiger charge is -2.31. The van der Waals surface area contributed by atoms with Crippen LogP contribution in [-0.4, -0.2) is 27.1 Å². The van der Waals surface area contributed by atoms with Crippen molar-refractivity contribution in [3.8, 4) is 0 Å². The quantitative estimate of drug-likeness (QED) is 0.872. The largest absolute Gasteiger partial charge is 0.396 e. The molecule has 1 aliphatic carbocycles. The molecule has 2 heterocycles. The van der Waals surface area contributed by atoms with E-state index in [1.807, 2.05) is 24.5 Å². The second-order valence-electron chi connectivity index (χ2n) is 5.04. The van der Waals surface area contributed by atoms with Crippen molar-refractivity contribution in [2.45, 2.75) is 31.7 Å². The predicted molar refractivity (Wildman–Crippen MR) is 71.6 cm³/mol. The van der Waals surface area contributed by atoms with Gasteiger partial charge in [-0.25, -0.2) is 4.98 Å². The highest BCUT2D eigenvalue weighted by molar-refractivity contribution is 5.50. The lowest BCUT2D eigenvalue weighted by atomic mass is 9.85. The molecule has 1 aliphatic rings. The second-order valence-corrected chi connectivity index (χ2v) is 5.04. The molecule has 1 fully saturated rings. The first-order valence-electron chi connectivity index (χ1n) is 6.68. The fraction of sp³-hybridized carbons (Fsp3) is 0.500. The smallest absolute Gasteiger partial charge is 0.138 e. The van der Waals surface area contributed by atoms with Crippen LogP contribution in [0.15, 0.2) is 30.6 Å². The van der Waals surface area contributed by atoms with Gasteiger partial charge in [-0.1, -0.05) is 18.9 Å². The van der Waals surface area contributed by atoms with Crippen LogP contribution < -0.4 is 5.32 Å². The van der Waals surface area contributed by atoms with E-state index in [1.54, 1.807) is 0 Å². The van der Waals surface area contributed by atoms with Gasteiger partial charge in [-0.2, -0.15) is 0 Å². The Hall–Kier alpha value is -1.55. The first-order valence-corrected chi connectivity index (χ1v) is 6.68. The number of fused-ring (bicyclic) bond motifs is 1. The van der Waals surface area contributed by atoms with Gasteiger partial charge < -0.3 is 10.4 Å². The Labute approximate surface area is 107 Å². The van der Waals surface area contributed by atoms with Crippen LogP contribution in [0, 0.1) is 5.92 Å². The summed E-state index contributed by atoms with van der Waals surface area (Å²) in [5, 5.41) is 13.0. The first-order chi connectivity index (χ1) is 8.88. The highest BCUT2D eigenvalue weighted by atomic mass is 16.3. The molecular formula is C14H19N3O. The molecule has 2 aromatic rings. The highest BCUT2D eigenvalue weighted by Crippen LogP contribution is 2.27. The standard InChI is InChI=1S/C14H19N3O/c18-10-11-4-1-2-5-12(11)16-14-7-3-6-13-15-8-9-17(13)14/h3,6-9,11-12,16,18H,1-2,4-5,10H2. The number of rotatable bonds is 3. The van der Waals surface area contributed by atoms with Crippen molar-refractivity contribution >= 4 is 11.5 Å². The molecule has 3 rings (SSSR count). The minimum atomic E-state index is 0.275. The summed E-state index contributed by atoms with van der Waals surface area (Å²) < 4.78 is 2.06. The van der Waals surface area contributed by atoms with Gasteiger partial charge in [-0.15, -0.1) is 0 Å². The van der Waals surface area contributed by atoms with Gasteiger partial charge in [0, 0.05) is 31.0 Å². The number of hydrogen-bond acceptors (Lipinski definition) is 3. The number of imidazole rings is 1. The number of aliphatic hydroxyl groups is 1. The summed E-state index contributed by atoms with van der Waals surface area (Å²) >= 11 is 0. The van der Waals surface area contributed by atoms with Gasteiger partial charge in [0.25, 0.3) is 0 Å². The van der Waals surface area contributed by atoms with Crippen LogP contribution in [-0.2, 0) is 0 Å². The van der Waals surface area contributed by atoms with Gasteiger partial charge in [0.2, 0.25) is 0 Å². The Bertz CT molecular complexity index is 522. The van der Waals surface area contributed by atoms with Crippen molar-refractivity contribution in [2.75, 3.05) is 11.9 Å². The molecule has 0 bridgehead atoms. The van der Waals surface area contributed by atoms with E-state index in [-0.39, 0.29) is 6.61 Å². The van der Waals surface area contributed by atoms with E-state index in [0.717, 1.165) is 24.3 Å². The van der Waals surface area contributed by atoms with Gasteiger partial charge in [0.15, 0.2) is 0 Å². The van der Waals surface area contributed by atoms with Crippen LogP contribution in [0.25, 0.3) is 5.65 Å². The molecule has 2 atom stereocenters. The number of anilines is 1. The molecule has 0 amide bonds. The zero-order valence-corrected chi connectivity index (χ0v) is 10.4. The summed E-state index contributed by atoms with van der Waals surface area (Å²) in [4.78, 5) is 4.29. The minimum absolute atomic E-state index is 0.275. The molecule has 0 aromatic carbocycles. The van der Waals surface area contributed by atoms with Crippen molar-refractivity contribution in [3.63, 3.8) is 0 Å². The van der Waals surface area contributed by atoms with Crippen molar-refractivity contribution in [1.82, 2.24) is 9.38 Å². The first kappa shape index (κ1) is 11.5. The van der Waals surface area contributed by atoms with Crippen molar-refractivity contribution < 1.29 is 5.11 Å². The summed E-state index contributed by atoms with van der Waals surface area (Å²) in [7, 11) is 0. The van der Waals surface area contributed by atoms with E-state index in [1.165, 1.54) is 12.8 Å². The lowest BCUT2D eigenvalue weighted by molar-refractivity contribution is 0.178. The summed E-state index contributed by atoms with van der Waals surface area (Å²) in [6, 6.07) is 6.45. The van der Waals surface area contributed by atoms with Gasteiger partial charge in [0.1, 0.15) is 11.5 Å². The fourth-order valence-corrected chi connectivity index (χ4v) is 2.87. The molecule has 18 heavy (non-hydrogen) atoms. The molecule has 1 saturated carbocycles. The Morgan fingerprint density at radius 3 is 3.11 bits per heavy atom. The van der Waals surface area contributed by atoms with Crippen molar-refractivity contribution in [2.24, 2.45) is 5.92 Å². The third-order valence-electron chi connectivity index (χ3n) is 3.91. The van der Waals surface area contributed by atoms with Crippen LogP contribution in [0.5, 0.6) is 0 Å². The predicted octanol–water partition coefficient (Wildman–Crippen LogP) is 2.30. The molecular weight excluding hydrogens is 226 g/mol. The highest BCUT2D eigenvalue weighted by Gasteiger charge is 2.24. The van der Waals surface area contributed by atoms with Crippen molar-refractivity contribution in [3.05, 3.63) is 30.6 Å². The van der Waals surface area contributed by atoms with Crippen LogP contribution in [0.2, 0.25) is 0 Å². The molecule has 2 N–H and O–H groups in total. The Kier molecular flexibility index (Phi) is 3.19. The molecule has 0 radical (unpaired) electrons. The summed E-state index contributed by atoms with van der Waals surface area (Å²) in [5.74, 6) is 1.44. The number of nitrogens with zero attached hydrogens (tertiary/aromatic N) is 2. The summed E-state index contributed by atoms with van der Waals surface area (Å²) in [6.45, 7) is 0.275. The molecule has 4 nitrogen and oxygen atoms in total. The summed E-state index contributed by atoms with van der Waals surface area (Å²) in [5.41, 5.74) is 0.955. The van der Waals surface area contributed by atoms with Crippen molar-refractivity contribution in [1.29, 1.82) is 0 Å². The summed E-state index contributed by atoms with van der Waals surface area (Å²) in [6.07, 6.45) is 8.51. The maximum Gasteiger partial charge on any atom is 0.138 e. The molecule has 4 heteroatoms. The van der Waals surface area contributed by atoms with Crippen LogP contribution in [0.4, 0.5) is 5.82 Å². The number of hydrogen-bond donors (Lipinski definition) is 2. The van der Waals surface area contributed by atoms with Gasteiger partial charge in [0.05, 0.1) is 0 Å². The van der Waals surface area contributed by atoms with E-state index >= 15 is 0 Å². The number of aliphatic hydroxyl groups excluding tert-OH is 1. The molecule has 0 saturated heterocycles. The second kappa shape index (κ2) is 4.98. The lowest BCUT2D eigenvalue weighted by Crippen LogP contribution is -2.34. The molecule has 2 aromatic heterocycles. The molecule has 0 spiro atoms.